The Labute approximate surface area is 162 Å². The van der Waals surface area contributed by atoms with Crippen molar-refractivity contribution in [3.05, 3.63) is 75.2 Å². The third-order valence-electron chi connectivity index (χ3n) is 4.45. The number of hydrogen-bond acceptors (Lipinski definition) is 5. The number of pyridine rings is 2. The van der Waals surface area contributed by atoms with Crippen LogP contribution in [0.2, 0.25) is 0 Å². The van der Waals surface area contributed by atoms with Gasteiger partial charge in [-0.25, -0.2) is 4.79 Å². The Morgan fingerprint density at radius 2 is 1.96 bits per heavy atom. The van der Waals surface area contributed by atoms with E-state index in [0.29, 0.717) is 16.6 Å². The number of aromatic nitrogens is 2. The summed E-state index contributed by atoms with van der Waals surface area (Å²) in [6, 6.07) is 12.8. The minimum absolute atomic E-state index is 0.107. The largest absolute Gasteiger partial charge is 0.465 e. The number of ether oxygens (including phenoxy) is 1. The van der Waals surface area contributed by atoms with E-state index >= 15 is 0 Å². The Hall–Kier alpha value is -3.19. The minimum Gasteiger partial charge on any atom is -0.465 e. The fourth-order valence-corrected chi connectivity index (χ4v) is 3.50. The monoisotopic (exact) mass is 423 g/mol. The maximum atomic E-state index is 13.2. The van der Waals surface area contributed by atoms with Crippen molar-refractivity contribution < 1.29 is 9.53 Å². The molecule has 2 aromatic heterocycles. The van der Waals surface area contributed by atoms with Gasteiger partial charge in [0.05, 0.1) is 18.3 Å². The summed E-state index contributed by atoms with van der Waals surface area (Å²) < 4.78 is 7.05. The molecule has 0 aliphatic carbocycles. The lowest BCUT2D eigenvalue weighted by Crippen LogP contribution is -2.28. The summed E-state index contributed by atoms with van der Waals surface area (Å²) in [6.45, 7) is 0. The molecule has 2 aromatic carbocycles. The molecule has 0 aliphatic heterocycles. The maximum Gasteiger partial charge on any atom is 0.345 e. The number of carbonyl (C=O) groups excluding carboxylic acids is 1. The molecule has 0 saturated carbocycles. The van der Waals surface area contributed by atoms with E-state index < -0.39 is 11.5 Å². The smallest absolute Gasteiger partial charge is 0.345 e. The summed E-state index contributed by atoms with van der Waals surface area (Å²) in [6.07, 6.45) is 3.44. The summed E-state index contributed by atoms with van der Waals surface area (Å²) in [4.78, 5) is 29.5. The van der Waals surface area contributed by atoms with E-state index in [-0.39, 0.29) is 11.3 Å². The number of esters is 1. The molecule has 0 bridgehead atoms. The predicted octanol–water partition coefficient (Wildman–Crippen LogP) is 3.67. The number of nitrogens with two attached hydrogens (primary N) is 1. The zero-order chi connectivity index (χ0) is 19.1. The van der Waals surface area contributed by atoms with Crippen LogP contribution in [-0.2, 0) is 4.74 Å². The van der Waals surface area contributed by atoms with Crippen LogP contribution in [0, 0.1) is 0 Å². The first kappa shape index (κ1) is 17.2. The van der Waals surface area contributed by atoms with Gasteiger partial charge in [0, 0.05) is 33.3 Å². The van der Waals surface area contributed by atoms with E-state index in [1.165, 1.54) is 11.7 Å². The van der Waals surface area contributed by atoms with Crippen LogP contribution >= 0.6 is 15.9 Å². The highest BCUT2D eigenvalue weighted by Crippen LogP contribution is 2.28. The average molecular weight is 424 g/mol. The highest BCUT2D eigenvalue weighted by atomic mass is 79.9. The van der Waals surface area contributed by atoms with E-state index in [1.807, 2.05) is 24.3 Å². The van der Waals surface area contributed by atoms with Crippen molar-refractivity contribution in [1.82, 2.24) is 9.55 Å². The van der Waals surface area contributed by atoms with E-state index in [4.69, 9.17) is 10.5 Å². The van der Waals surface area contributed by atoms with Crippen molar-refractivity contribution in [1.29, 1.82) is 0 Å². The number of methoxy groups -OCH3 is 1. The Balaban J connectivity index is 2.16. The van der Waals surface area contributed by atoms with Gasteiger partial charge in [0.25, 0.3) is 5.56 Å². The second kappa shape index (κ2) is 6.51. The first-order valence-electron chi connectivity index (χ1n) is 8.07. The zero-order valence-electron chi connectivity index (χ0n) is 14.3. The SMILES string of the molecule is COC(=O)c1c(N)c2ccc(Br)cc2n(-c2ccc3cnccc3c2)c1=O. The van der Waals surface area contributed by atoms with E-state index in [2.05, 4.69) is 20.9 Å². The number of halogens is 1. The zero-order valence-corrected chi connectivity index (χ0v) is 15.9. The van der Waals surface area contributed by atoms with Crippen molar-refractivity contribution in [2.24, 2.45) is 0 Å². The fraction of sp³-hybridized carbons (Fsp3) is 0.0500. The van der Waals surface area contributed by atoms with Gasteiger partial charge in [-0.3, -0.25) is 14.3 Å². The van der Waals surface area contributed by atoms with Crippen molar-refractivity contribution in [3.8, 4) is 5.69 Å². The number of carbonyl (C=O) groups is 1. The quantitative estimate of drug-likeness (QED) is 0.497. The molecule has 0 spiro atoms. The molecule has 2 heterocycles. The Morgan fingerprint density at radius 1 is 1.15 bits per heavy atom. The van der Waals surface area contributed by atoms with Gasteiger partial charge in [-0.15, -0.1) is 0 Å². The minimum atomic E-state index is -0.763. The molecule has 2 N–H and O–H groups in total. The Morgan fingerprint density at radius 3 is 2.74 bits per heavy atom. The second-order valence-corrected chi connectivity index (χ2v) is 6.91. The lowest BCUT2D eigenvalue weighted by molar-refractivity contribution is 0.0600. The molecule has 0 unspecified atom stereocenters. The number of nitrogen functional groups attached to an aromatic ring is 1. The summed E-state index contributed by atoms with van der Waals surface area (Å²) >= 11 is 3.43. The molecule has 7 heteroatoms. The summed E-state index contributed by atoms with van der Waals surface area (Å²) in [5.74, 6) is -0.763. The fourth-order valence-electron chi connectivity index (χ4n) is 3.15. The number of fused-ring (bicyclic) bond motifs is 2. The van der Waals surface area contributed by atoms with Crippen LogP contribution in [-0.4, -0.2) is 22.6 Å². The van der Waals surface area contributed by atoms with Crippen molar-refractivity contribution in [3.63, 3.8) is 0 Å². The molecular formula is C20H14BrN3O3. The first-order chi connectivity index (χ1) is 13.0. The maximum absolute atomic E-state index is 13.2. The lowest BCUT2D eigenvalue weighted by Gasteiger charge is -2.16. The molecular weight excluding hydrogens is 410 g/mol. The van der Waals surface area contributed by atoms with Gasteiger partial charge in [-0.1, -0.05) is 22.0 Å². The average Bonchev–Trinajstić information content (AvgIpc) is 2.67. The number of anilines is 1. The predicted molar refractivity (Wildman–Crippen MR) is 108 cm³/mol. The van der Waals surface area contributed by atoms with Crippen LogP contribution in [0.5, 0.6) is 0 Å². The van der Waals surface area contributed by atoms with Crippen molar-refractivity contribution >= 4 is 49.3 Å². The van der Waals surface area contributed by atoms with Gasteiger partial charge in [0.15, 0.2) is 0 Å². The molecule has 0 aliphatic rings. The normalized spacial score (nSPS) is 11.0. The first-order valence-corrected chi connectivity index (χ1v) is 8.87. The molecule has 0 fully saturated rings. The lowest BCUT2D eigenvalue weighted by atomic mass is 10.1. The van der Waals surface area contributed by atoms with Gasteiger partial charge < -0.3 is 10.5 Å². The third kappa shape index (κ3) is 2.76. The Bertz CT molecular complexity index is 1280. The van der Waals surface area contributed by atoms with Crippen LogP contribution in [0.1, 0.15) is 10.4 Å². The van der Waals surface area contributed by atoms with Crippen molar-refractivity contribution in [2.45, 2.75) is 0 Å². The molecule has 0 amide bonds. The van der Waals surface area contributed by atoms with E-state index in [0.717, 1.165) is 15.2 Å². The molecule has 4 aromatic rings. The summed E-state index contributed by atoms with van der Waals surface area (Å²) in [7, 11) is 1.22. The van der Waals surface area contributed by atoms with Crippen LogP contribution < -0.4 is 11.3 Å². The number of hydrogen-bond donors (Lipinski definition) is 1. The van der Waals surface area contributed by atoms with E-state index in [9.17, 15) is 9.59 Å². The van der Waals surface area contributed by atoms with Gasteiger partial charge in [0.1, 0.15) is 5.56 Å². The molecule has 6 nitrogen and oxygen atoms in total. The summed E-state index contributed by atoms with van der Waals surface area (Å²) in [5, 5.41) is 2.46. The topological polar surface area (TPSA) is 87.2 Å². The standard InChI is InChI=1S/C20H14BrN3O3/c1-27-20(26)17-18(22)15-5-3-13(21)9-16(15)24(19(17)25)14-4-2-12-10-23-7-6-11(12)8-14/h2-10H,22H2,1H3. The second-order valence-electron chi connectivity index (χ2n) is 5.99. The highest BCUT2D eigenvalue weighted by Gasteiger charge is 2.22. The van der Waals surface area contributed by atoms with Crippen LogP contribution in [0.3, 0.4) is 0 Å². The molecule has 0 atom stereocenters. The van der Waals surface area contributed by atoms with Gasteiger partial charge in [-0.2, -0.15) is 0 Å². The number of rotatable bonds is 2. The molecule has 134 valence electrons. The van der Waals surface area contributed by atoms with Crippen molar-refractivity contribution in [2.75, 3.05) is 12.8 Å². The van der Waals surface area contributed by atoms with Crippen LogP contribution in [0.4, 0.5) is 5.69 Å². The van der Waals surface area contributed by atoms with Gasteiger partial charge in [-0.05, 0) is 41.8 Å². The Kier molecular flexibility index (Phi) is 4.16. The van der Waals surface area contributed by atoms with Crippen LogP contribution in [0.25, 0.3) is 27.4 Å². The summed E-state index contributed by atoms with van der Waals surface area (Å²) in [5.41, 5.74) is 6.75. The molecule has 0 radical (unpaired) electrons. The van der Waals surface area contributed by atoms with Gasteiger partial charge >= 0.3 is 5.97 Å². The number of benzene rings is 2. The molecule has 27 heavy (non-hydrogen) atoms. The van der Waals surface area contributed by atoms with E-state index in [1.54, 1.807) is 30.6 Å². The van der Waals surface area contributed by atoms with Crippen LogP contribution in [0.15, 0.2) is 64.1 Å². The van der Waals surface area contributed by atoms with Gasteiger partial charge in [0.2, 0.25) is 0 Å². The highest BCUT2D eigenvalue weighted by molar-refractivity contribution is 9.10. The molecule has 0 saturated heterocycles. The number of nitrogens with zero attached hydrogens (tertiary/aromatic N) is 2. The molecule has 4 rings (SSSR count). The third-order valence-corrected chi connectivity index (χ3v) is 4.94.